The Bertz CT molecular complexity index is 541. The van der Waals surface area contributed by atoms with Crippen molar-refractivity contribution in [2.75, 3.05) is 20.3 Å². The summed E-state index contributed by atoms with van der Waals surface area (Å²) in [6.45, 7) is 6.25. The van der Waals surface area contributed by atoms with Crippen LogP contribution in [0.5, 0.6) is 0 Å². The maximum Gasteiger partial charge on any atom is 0.251 e. The summed E-state index contributed by atoms with van der Waals surface area (Å²) in [5, 5.41) is 11.7. The molecule has 2 N–H and O–H groups in total. The molecule has 21 heavy (non-hydrogen) atoms. The van der Waals surface area contributed by atoms with Gasteiger partial charge in [-0.2, -0.15) is 0 Å². The van der Waals surface area contributed by atoms with Gasteiger partial charge in [0.25, 0.3) is 5.91 Å². The van der Waals surface area contributed by atoms with Crippen LogP contribution in [0.1, 0.15) is 35.3 Å². The second-order valence-electron chi connectivity index (χ2n) is 5.27. The van der Waals surface area contributed by atoms with Crippen molar-refractivity contribution in [1.82, 2.24) is 5.32 Å². The van der Waals surface area contributed by atoms with Crippen LogP contribution in [0.3, 0.4) is 0 Å². The van der Waals surface area contributed by atoms with Crippen LogP contribution in [0.4, 0.5) is 0 Å². The lowest BCUT2D eigenvalue weighted by Gasteiger charge is -2.22. The molecule has 0 aromatic heterocycles. The van der Waals surface area contributed by atoms with Crippen LogP contribution in [0, 0.1) is 24.7 Å². The third kappa shape index (κ3) is 5.22. The van der Waals surface area contributed by atoms with Crippen LogP contribution < -0.4 is 5.32 Å². The zero-order valence-electron chi connectivity index (χ0n) is 13.1. The van der Waals surface area contributed by atoms with Gasteiger partial charge in [0.2, 0.25) is 0 Å². The van der Waals surface area contributed by atoms with Gasteiger partial charge in [-0.3, -0.25) is 4.79 Å². The topological polar surface area (TPSA) is 58.6 Å². The highest BCUT2D eigenvalue weighted by molar-refractivity contribution is 5.96. The highest BCUT2D eigenvalue weighted by Gasteiger charge is 2.18. The third-order valence-corrected chi connectivity index (χ3v) is 3.26. The lowest BCUT2D eigenvalue weighted by molar-refractivity contribution is 0.0866. The minimum Gasteiger partial charge on any atom is -0.384 e. The van der Waals surface area contributed by atoms with Gasteiger partial charge in [-0.1, -0.05) is 31.8 Å². The summed E-state index contributed by atoms with van der Waals surface area (Å²) in [7, 11) is 1.62. The third-order valence-electron chi connectivity index (χ3n) is 3.26. The molecule has 0 heterocycles. The number of hydrogen-bond donors (Lipinski definition) is 2. The zero-order chi connectivity index (χ0) is 15.8. The Morgan fingerprint density at radius 1 is 1.43 bits per heavy atom. The van der Waals surface area contributed by atoms with E-state index in [2.05, 4.69) is 17.2 Å². The van der Waals surface area contributed by atoms with Gasteiger partial charge in [0, 0.05) is 18.2 Å². The number of ether oxygens (including phenoxy) is 1. The predicted octanol–water partition coefficient (Wildman–Crippen LogP) is 1.74. The van der Waals surface area contributed by atoms with Crippen molar-refractivity contribution in [2.24, 2.45) is 5.92 Å². The summed E-state index contributed by atoms with van der Waals surface area (Å²) in [5.41, 5.74) is 2.20. The Labute approximate surface area is 126 Å². The van der Waals surface area contributed by atoms with Gasteiger partial charge in [-0.15, -0.1) is 0 Å². The second-order valence-corrected chi connectivity index (χ2v) is 5.27. The molecule has 0 spiro atoms. The largest absolute Gasteiger partial charge is 0.384 e. The van der Waals surface area contributed by atoms with Crippen LogP contribution in [-0.4, -0.2) is 37.4 Å². The molecule has 1 amide bonds. The first kappa shape index (κ1) is 17.2. The number of carbonyl (C=O) groups is 1. The molecule has 0 bridgehead atoms. The van der Waals surface area contributed by atoms with E-state index >= 15 is 0 Å². The predicted molar refractivity (Wildman–Crippen MR) is 83.1 cm³/mol. The fraction of sp³-hybridized carbons (Fsp3) is 0.471. The highest BCUT2D eigenvalue weighted by Crippen LogP contribution is 2.12. The van der Waals surface area contributed by atoms with Gasteiger partial charge in [-0.05, 0) is 30.5 Å². The molecule has 1 atom stereocenters. The number of aliphatic hydroxyl groups excluding tert-OH is 1. The molecule has 0 saturated heterocycles. The van der Waals surface area contributed by atoms with Gasteiger partial charge < -0.3 is 15.2 Å². The summed E-state index contributed by atoms with van der Waals surface area (Å²) in [6, 6.07) is 5.41. The van der Waals surface area contributed by atoms with E-state index in [0.717, 1.165) is 5.56 Å². The molecular weight excluding hydrogens is 266 g/mol. The van der Waals surface area contributed by atoms with Gasteiger partial charge in [0.05, 0.1) is 12.6 Å². The maximum absolute atomic E-state index is 12.4. The Hall–Kier alpha value is -1.83. The molecule has 0 radical (unpaired) electrons. The standard InChI is InChI=1S/C17H23NO3/c1-12(2)16(11-21-4)18-17(20)15-10-14(6-5-9-19)8-7-13(15)3/h7-8,10,12,16,19H,9,11H2,1-4H3,(H,18,20). The number of carbonyl (C=O) groups excluding carboxylic acids is 1. The molecule has 114 valence electrons. The average molecular weight is 289 g/mol. The highest BCUT2D eigenvalue weighted by atomic mass is 16.5. The number of rotatable bonds is 5. The van der Waals surface area contributed by atoms with Gasteiger partial charge >= 0.3 is 0 Å². The summed E-state index contributed by atoms with van der Waals surface area (Å²) in [4.78, 5) is 12.4. The van der Waals surface area contributed by atoms with Crippen LogP contribution >= 0.6 is 0 Å². The molecular formula is C17H23NO3. The first-order valence-corrected chi connectivity index (χ1v) is 6.99. The van der Waals surface area contributed by atoms with E-state index in [1.165, 1.54) is 0 Å². The van der Waals surface area contributed by atoms with Crippen molar-refractivity contribution in [3.8, 4) is 11.8 Å². The molecule has 4 heteroatoms. The van der Waals surface area contributed by atoms with E-state index in [1.807, 2.05) is 32.9 Å². The maximum atomic E-state index is 12.4. The van der Waals surface area contributed by atoms with Crippen molar-refractivity contribution in [3.63, 3.8) is 0 Å². The number of hydrogen-bond acceptors (Lipinski definition) is 3. The summed E-state index contributed by atoms with van der Waals surface area (Å²) < 4.78 is 5.14. The molecule has 1 unspecified atom stereocenters. The van der Waals surface area contributed by atoms with Crippen LogP contribution in [0.2, 0.25) is 0 Å². The SMILES string of the molecule is COCC(NC(=O)c1cc(C#CCO)ccc1C)C(C)C. The molecule has 0 saturated carbocycles. The fourth-order valence-electron chi connectivity index (χ4n) is 1.91. The Balaban J connectivity index is 2.95. The number of amides is 1. The monoisotopic (exact) mass is 289 g/mol. The van der Waals surface area contributed by atoms with Gasteiger partial charge in [0.15, 0.2) is 0 Å². The minimum absolute atomic E-state index is 0.0333. The number of benzene rings is 1. The Morgan fingerprint density at radius 2 is 2.14 bits per heavy atom. The van der Waals surface area contributed by atoms with E-state index in [4.69, 9.17) is 9.84 Å². The van der Waals surface area contributed by atoms with Crippen molar-refractivity contribution in [2.45, 2.75) is 26.8 Å². The van der Waals surface area contributed by atoms with E-state index in [9.17, 15) is 4.79 Å². The van der Waals surface area contributed by atoms with Crippen molar-refractivity contribution in [1.29, 1.82) is 0 Å². The number of nitrogens with one attached hydrogen (secondary N) is 1. The first-order chi connectivity index (χ1) is 9.99. The Morgan fingerprint density at radius 3 is 2.71 bits per heavy atom. The smallest absolute Gasteiger partial charge is 0.251 e. The lowest BCUT2D eigenvalue weighted by atomic mass is 10.0. The van der Waals surface area contributed by atoms with Crippen LogP contribution in [0.25, 0.3) is 0 Å². The van der Waals surface area contributed by atoms with Gasteiger partial charge in [0.1, 0.15) is 6.61 Å². The number of aliphatic hydroxyl groups is 1. The minimum atomic E-state index is -0.196. The van der Waals surface area contributed by atoms with Crippen LogP contribution in [0.15, 0.2) is 18.2 Å². The van der Waals surface area contributed by atoms with Crippen molar-refractivity contribution >= 4 is 5.91 Å². The van der Waals surface area contributed by atoms with E-state index < -0.39 is 0 Å². The molecule has 0 aliphatic heterocycles. The van der Waals surface area contributed by atoms with Gasteiger partial charge in [-0.25, -0.2) is 0 Å². The molecule has 1 aromatic carbocycles. The summed E-state index contributed by atoms with van der Waals surface area (Å²) in [5.74, 6) is 5.55. The lowest BCUT2D eigenvalue weighted by Crippen LogP contribution is -2.41. The molecule has 0 fully saturated rings. The Kier molecular flexibility index (Phi) is 6.93. The first-order valence-electron chi connectivity index (χ1n) is 6.99. The van der Waals surface area contributed by atoms with Crippen LogP contribution in [-0.2, 0) is 4.74 Å². The molecule has 1 rings (SSSR count). The van der Waals surface area contributed by atoms with E-state index in [0.29, 0.717) is 17.7 Å². The van der Waals surface area contributed by atoms with E-state index in [1.54, 1.807) is 13.2 Å². The molecule has 0 aliphatic carbocycles. The fourth-order valence-corrected chi connectivity index (χ4v) is 1.91. The zero-order valence-corrected chi connectivity index (χ0v) is 13.1. The normalized spacial score (nSPS) is 11.7. The molecule has 1 aromatic rings. The molecule has 4 nitrogen and oxygen atoms in total. The van der Waals surface area contributed by atoms with E-state index in [-0.39, 0.29) is 24.5 Å². The summed E-state index contributed by atoms with van der Waals surface area (Å²) >= 11 is 0. The number of methoxy groups -OCH3 is 1. The van der Waals surface area contributed by atoms with Crippen molar-refractivity contribution in [3.05, 3.63) is 34.9 Å². The second kappa shape index (κ2) is 8.46. The number of aryl methyl sites for hydroxylation is 1. The molecule has 0 aliphatic rings. The quantitative estimate of drug-likeness (QED) is 0.812. The van der Waals surface area contributed by atoms with Crippen molar-refractivity contribution < 1.29 is 14.6 Å². The average Bonchev–Trinajstić information content (AvgIpc) is 2.45. The summed E-state index contributed by atoms with van der Waals surface area (Å²) in [6.07, 6.45) is 0.